The molecule has 0 saturated carbocycles. The lowest BCUT2D eigenvalue weighted by Gasteiger charge is -2.22. The molecule has 11 heavy (non-hydrogen) atoms. The molecule has 2 nitrogen and oxygen atoms in total. The van der Waals surface area contributed by atoms with Crippen LogP contribution < -0.4 is 0 Å². The standard InChI is InChI=1S/C9H18O2/c1-5-7(4)9(11)8(10)6(2)3/h7-11H,2,5H2,1,3-4H3. The third-order valence-electron chi connectivity index (χ3n) is 2.06. The van der Waals surface area contributed by atoms with E-state index >= 15 is 0 Å². The average molecular weight is 158 g/mol. The van der Waals surface area contributed by atoms with Gasteiger partial charge >= 0.3 is 0 Å². The highest BCUT2D eigenvalue weighted by Crippen LogP contribution is 2.14. The van der Waals surface area contributed by atoms with Crippen LogP contribution in [0.15, 0.2) is 12.2 Å². The van der Waals surface area contributed by atoms with E-state index in [0.29, 0.717) is 5.57 Å². The first-order valence-electron chi connectivity index (χ1n) is 4.02. The molecule has 0 aromatic rings. The molecule has 0 amide bonds. The van der Waals surface area contributed by atoms with Crippen LogP contribution in [0.3, 0.4) is 0 Å². The zero-order valence-electron chi connectivity index (χ0n) is 7.54. The van der Waals surface area contributed by atoms with Crippen molar-refractivity contribution < 1.29 is 10.2 Å². The lowest BCUT2D eigenvalue weighted by Crippen LogP contribution is -2.32. The molecule has 0 rings (SSSR count). The Balaban J connectivity index is 4.00. The van der Waals surface area contributed by atoms with Crippen molar-refractivity contribution in [2.24, 2.45) is 5.92 Å². The molecule has 0 saturated heterocycles. The van der Waals surface area contributed by atoms with Gasteiger partial charge in [0.25, 0.3) is 0 Å². The largest absolute Gasteiger partial charge is 0.390 e. The Bertz CT molecular complexity index is 132. The highest BCUT2D eigenvalue weighted by atomic mass is 16.3. The molecular formula is C9H18O2. The molecule has 0 aromatic heterocycles. The molecule has 0 aliphatic heterocycles. The molecule has 66 valence electrons. The van der Waals surface area contributed by atoms with Crippen molar-refractivity contribution >= 4 is 0 Å². The van der Waals surface area contributed by atoms with Gasteiger partial charge in [-0.15, -0.1) is 0 Å². The number of rotatable bonds is 4. The first-order valence-corrected chi connectivity index (χ1v) is 4.02. The third-order valence-corrected chi connectivity index (χ3v) is 2.06. The lowest BCUT2D eigenvalue weighted by molar-refractivity contribution is 0.00640. The topological polar surface area (TPSA) is 40.5 Å². The molecule has 2 heteroatoms. The highest BCUT2D eigenvalue weighted by Gasteiger charge is 2.21. The summed E-state index contributed by atoms with van der Waals surface area (Å²) >= 11 is 0. The number of hydrogen-bond donors (Lipinski definition) is 2. The lowest BCUT2D eigenvalue weighted by atomic mass is 9.94. The van der Waals surface area contributed by atoms with Crippen molar-refractivity contribution in [1.82, 2.24) is 0 Å². The maximum Gasteiger partial charge on any atom is 0.101 e. The number of hydrogen-bond acceptors (Lipinski definition) is 2. The van der Waals surface area contributed by atoms with Crippen LogP contribution in [-0.4, -0.2) is 22.4 Å². The van der Waals surface area contributed by atoms with E-state index in [1.165, 1.54) is 0 Å². The van der Waals surface area contributed by atoms with E-state index in [4.69, 9.17) is 0 Å². The Morgan fingerprint density at radius 2 is 1.91 bits per heavy atom. The molecule has 0 radical (unpaired) electrons. The summed E-state index contributed by atoms with van der Waals surface area (Å²) in [7, 11) is 0. The van der Waals surface area contributed by atoms with Crippen LogP contribution in [0.25, 0.3) is 0 Å². The van der Waals surface area contributed by atoms with Crippen LogP contribution in [-0.2, 0) is 0 Å². The molecule has 0 heterocycles. The van der Waals surface area contributed by atoms with Gasteiger partial charge in [0.15, 0.2) is 0 Å². The summed E-state index contributed by atoms with van der Waals surface area (Å²) < 4.78 is 0. The summed E-state index contributed by atoms with van der Waals surface area (Å²) in [6.45, 7) is 9.20. The van der Waals surface area contributed by atoms with Crippen LogP contribution >= 0.6 is 0 Å². The van der Waals surface area contributed by atoms with Gasteiger partial charge in [-0.2, -0.15) is 0 Å². The Kier molecular flexibility index (Phi) is 4.38. The van der Waals surface area contributed by atoms with E-state index in [9.17, 15) is 10.2 Å². The molecule has 0 aliphatic carbocycles. The fourth-order valence-electron chi connectivity index (χ4n) is 0.844. The smallest absolute Gasteiger partial charge is 0.101 e. The van der Waals surface area contributed by atoms with Gasteiger partial charge in [-0.25, -0.2) is 0 Å². The van der Waals surface area contributed by atoms with Crippen LogP contribution in [0.2, 0.25) is 0 Å². The van der Waals surface area contributed by atoms with Gasteiger partial charge in [-0.05, 0) is 18.4 Å². The van der Waals surface area contributed by atoms with Gasteiger partial charge in [0, 0.05) is 0 Å². The van der Waals surface area contributed by atoms with Gasteiger partial charge in [-0.3, -0.25) is 0 Å². The Labute approximate surface area is 68.6 Å². The van der Waals surface area contributed by atoms with Gasteiger partial charge in [0.05, 0.1) is 6.10 Å². The predicted octanol–water partition coefficient (Wildman–Crippen LogP) is 1.33. The van der Waals surface area contributed by atoms with Gasteiger partial charge in [0.1, 0.15) is 6.10 Å². The molecule has 0 aromatic carbocycles. The SMILES string of the molecule is C=C(C)C(O)C(O)C(C)CC. The predicted molar refractivity (Wildman–Crippen MR) is 46.3 cm³/mol. The maximum atomic E-state index is 9.45. The van der Waals surface area contributed by atoms with Crippen LogP contribution in [0.5, 0.6) is 0 Å². The van der Waals surface area contributed by atoms with Gasteiger partial charge in [0.2, 0.25) is 0 Å². The molecule has 0 spiro atoms. The van der Waals surface area contributed by atoms with Crippen molar-refractivity contribution in [3.63, 3.8) is 0 Å². The second-order valence-corrected chi connectivity index (χ2v) is 3.17. The quantitative estimate of drug-likeness (QED) is 0.606. The summed E-state index contributed by atoms with van der Waals surface area (Å²) in [4.78, 5) is 0. The average Bonchev–Trinajstić information content (AvgIpc) is 2.00. The van der Waals surface area contributed by atoms with Crippen LogP contribution in [0.4, 0.5) is 0 Å². The summed E-state index contributed by atoms with van der Waals surface area (Å²) in [6, 6.07) is 0. The Morgan fingerprint density at radius 1 is 1.45 bits per heavy atom. The van der Waals surface area contributed by atoms with Crippen molar-refractivity contribution in [1.29, 1.82) is 0 Å². The van der Waals surface area contributed by atoms with E-state index in [-0.39, 0.29) is 5.92 Å². The minimum atomic E-state index is -0.773. The van der Waals surface area contributed by atoms with Gasteiger partial charge in [-0.1, -0.05) is 26.8 Å². The van der Waals surface area contributed by atoms with Crippen LogP contribution in [0, 0.1) is 5.92 Å². The number of aliphatic hydroxyl groups is 2. The summed E-state index contributed by atoms with van der Waals surface area (Å²) in [6.07, 6.45) is -0.576. The van der Waals surface area contributed by atoms with Crippen molar-refractivity contribution in [2.75, 3.05) is 0 Å². The fourth-order valence-corrected chi connectivity index (χ4v) is 0.844. The second kappa shape index (κ2) is 4.52. The summed E-state index contributed by atoms with van der Waals surface area (Å²) in [5.41, 5.74) is 0.623. The van der Waals surface area contributed by atoms with E-state index in [1.807, 2.05) is 13.8 Å². The Morgan fingerprint density at radius 3 is 2.18 bits per heavy atom. The monoisotopic (exact) mass is 158 g/mol. The molecule has 0 aliphatic rings. The minimum Gasteiger partial charge on any atom is -0.390 e. The van der Waals surface area contributed by atoms with Crippen molar-refractivity contribution in [3.05, 3.63) is 12.2 Å². The van der Waals surface area contributed by atoms with Crippen molar-refractivity contribution in [2.45, 2.75) is 39.4 Å². The van der Waals surface area contributed by atoms with E-state index in [2.05, 4.69) is 6.58 Å². The van der Waals surface area contributed by atoms with E-state index in [0.717, 1.165) is 6.42 Å². The van der Waals surface area contributed by atoms with Crippen LogP contribution in [0.1, 0.15) is 27.2 Å². The second-order valence-electron chi connectivity index (χ2n) is 3.17. The number of aliphatic hydroxyl groups excluding tert-OH is 2. The Hall–Kier alpha value is -0.340. The fraction of sp³-hybridized carbons (Fsp3) is 0.778. The van der Waals surface area contributed by atoms with Gasteiger partial charge < -0.3 is 10.2 Å². The van der Waals surface area contributed by atoms with E-state index in [1.54, 1.807) is 6.92 Å². The molecule has 3 atom stereocenters. The first kappa shape index (κ1) is 10.7. The summed E-state index contributed by atoms with van der Waals surface area (Å²) in [5.74, 6) is 0.127. The molecule has 3 unspecified atom stereocenters. The van der Waals surface area contributed by atoms with E-state index < -0.39 is 12.2 Å². The normalized spacial score (nSPS) is 19.0. The molecule has 2 N–H and O–H groups in total. The molecule has 0 bridgehead atoms. The summed E-state index contributed by atoms with van der Waals surface area (Å²) in [5, 5.41) is 18.8. The molecule has 0 fully saturated rings. The highest BCUT2D eigenvalue weighted by molar-refractivity contribution is 5.00. The zero-order chi connectivity index (χ0) is 9.02. The maximum absolute atomic E-state index is 9.45. The zero-order valence-corrected chi connectivity index (χ0v) is 7.54. The van der Waals surface area contributed by atoms with Crippen molar-refractivity contribution in [3.8, 4) is 0 Å². The molecular weight excluding hydrogens is 140 g/mol. The minimum absolute atomic E-state index is 0.127. The first-order chi connectivity index (χ1) is 5.00. The third kappa shape index (κ3) is 3.04.